The van der Waals surface area contributed by atoms with E-state index in [4.69, 9.17) is 51.1 Å². The van der Waals surface area contributed by atoms with Gasteiger partial charge >= 0.3 is 0 Å². The van der Waals surface area contributed by atoms with Gasteiger partial charge in [0.2, 0.25) is 0 Å². The van der Waals surface area contributed by atoms with E-state index in [0.717, 1.165) is 5.56 Å². The molecule has 2 aromatic heterocycles. The molecule has 0 bridgehead atoms. The fourth-order valence-corrected chi connectivity index (χ4v) is 4.53. The first-order valence-electron chi connectivity index (χ1n) is 6.71. The summed E-state index contributed by atoms with van der Waals surface area (Å²) in [4.78, 5) is 16.3. The molecule has 3 aromatic rings. The van der Waals surface area contributed by atoms with E-state index in [1.54, 1.807) is 29.6 Å². The van der Waals surface area contributed by atoms with E-state index in [1.807, 2.05) is 0 Å². The predicted molar refractivity (Wildman–Crippen MR) is 106 cm³/mol. The second kappa shape index (κ2) is 8.12. The number of nitrogens with zero attached hydrogens (tertiary/aromatic N) is 1. The quantitative estimate of drug-likeness (QED) is 0.479. The molecule has 130 valence electrons. The van der Waals surface area contributed by atoms with Crippen LogP contribution in [0.15, 0.2) is 29.6 Å². The molecule has 1 N–H and O–H groups in total. The van der Waals surface area contributed by atoms with Gasteiger partial charge in [0, 0.05) is 16.0 Å². The maximum absolute atomic E-state index is 12.0. The number of hydrogen-bond acceptors (Lipinski definition) is 5. The number of carbonyl (C=O) groups excluding carboxylic acids is 1. The molecule has 1 aromatic carbocycles. The average molecular weight is 454 g/mol. The molecule has 0 radical (unpaired) electrons. The van der Waals surface area contributed by atoms with Gasteiger partial charge in [-0.25, -0.2) is 4.98 Å². The van der Waals surface area contributed by atoms with Crippen molar-refractivity contribution in [1.29, 1.82) is 0 Å². The first-order valence-corrected chi connectivity index (χ1v) is 9.91. The average Bonchev–Trinajstić information content (AvgIpc) is 3.12. The van der Waals surface area contributed by atoms with Crippen LogP contribution in [0.25, 0.3) is 11.3 Å². The van der Waals surface area contributed by atoms with Crippen LogP contribution in [0.3, 0.4) is 0 Å². The Balaban J connectivity index is 1.61. The Hall–Kier alpha value is -1.02. The summed E-state index contributed by atoms with van der Waals surface area (Å²) in [5.74, 6) is 0.0158. The molecule has 10 heteroatoms. The van der Waals surface area contributed by atoms with E-state index < -0.39 is 0 Å². The Morgan fingerprint density at radius 3 is 2.68 bits per heavy atom. The number of ether oxygens (including phenoxy) is 1. The molecule has 3 rings (SSSR count). The van der Waals surface area contributed by atoms with E-state index in [0.29, 0.717) is 35.3 Å². The summed E-state index contributed by atoms with van der Waals surface area (Å²) in [6.07, 6.45) is 0. The number of nitrogens with one attached hydrogen (secondary N) is 1. The third-order valence-electron chi connectivity index (χ3n) is 2.94. The van der Waals surface area contributed by atoms with E-state index in [1.165, 1.54) is 22.7 Å². The monoisotopic (exact) mass is 452 g/mol. The lowest BCUT2D eigenvalue weighted by molar-refractivity contribution is -0.118. The van der Waals surface area contributed by atoms with Gasteiger partial charge in [-0.1, -0.05) is 46.4 Å². The third kappa shape index (κ3) is 4.78. The van der Waals surface area contributed by atoms with Crippen LogP contribution in [0.2, 0.25) is 18.7 Å². The minimum atomic E-state index is -0.360. The number of thiazole rings is 1. The Bertz CT molecular complexity index is 926. The van der Waals surface area contributed by atoms with E-state index in [9.17, 15) is 4.79 Å². The Kier molecular flexibility index (Phi) is 6.09. The van der Waals surface area contributed by atoms with E-state index in [2.05, 4.69) is 10.3 Å². The molecule has 1 amide bonds. The summed E-state index contributed by atoms with van der Waals surface area (Å²) in [5, 5.41) is 5.71. The molecule has 0 saturated carbocycles. The van der Waals surface area contributed by atoms with Gasteiger partial charge in [-0.3, -0.25) is 10.1 Å². The van der Waals surface area contributed by atoms with Gasteiger partial charge in [0.25, 0.3) is 5.91 Å². The summed E-state index contributed by atoms with van der Waals surface area (Å²) in [6, 6.07) is 6.51. The number of anilines is 1. The van der Waals surface area contributed by atoms with Crippen LogP contribution in [-0.4, -0.2) is 17.5 Å². The number of rotatable bonds is 5. The van der Waals surface area contributed by atoms with Crippen molar-refractivity contribution in [2.45, 2.75) is 0 Å². The van der Waals surface area contributed by atoms with Gasteiger partial charge in [0.05, 0.1) is 15.1 Å². The molecule has 0 aliphatic rings. The summed E-state index contributed by atoms with van der Waals surface area (Å²) in [6.45, 7) is -0.207. The van der Waals surface area contributed by atoms with Crippen LogP contribution in [0.5, 0.6) is 5.75 Å². The Morgan fingerprint density at radius 1 is 1.20 bits per heavy atom. The van der Waals surface area contributed by atoms with Crippen molar-refractivity contribution >= 4 is 80.1 Å². The van der Waals surface area contributed by atoms with Crippen LogP contribution in [0, 0.1) is 0 Å². The first-order chi connectivity index (χ1) is 11.9. The smallest absolute Gasteiger partial charge is 0.264 e. The van der Waals surface area contributed by atoms with Crippen LogP contribution in [0.1, 0.15) is 0 Å². The lowest BCUT2D eigenvalue weighted by Crippen LogP contribution is -2.20. The van der Waals surface area contributed by atoms with E-state index in [-0.39, 0.29) is 12.5 Å². The second-order valence-corrected chi connectivity index (χ2v) is 8.67. The number of halogens is 4. The highest BCUT2D eigenvalue weighted by Crippen LogP contribution is 2.39. The van der Waals surface area contributed by atoms with Gasteiger partial charge in [-0.2, -0.15) is 0 Å². The maximum Gasteiger partial charge on any atom is 0.264 e. The number of aromatic nitrogens is 1. The molecule has 0 spiro atoms. The van der Waals surface area contributed by atoms with Crippen molar-refractivity contribution in [3.8, 4) is 17.0 Å². The summed E-state index contributed by atoms with van der Waals surface area (Å²) in [5.41, 5.74) is 1.38. The molecule has 0 unspecified atom stereocenters. The second-order valence-electron chi connectivity index (χ2n) is 4.69. The van der Waals surface area contributed by atoms with Gasteiger partial charge in [0.1, 0.15) is 10.1 Å². The number of hydrogen-bond donors (Lipinski definition) is 1. The van der Waals surface area contributed by atoms with Crippen LogP contribution in [0.4, 0.5) is 5.13 Å². The van der Waals surface area contributed by atoms with Crippen molar-refractivity contribution in [2.75, 3.05) is 11.9 Å². The molecule has 25 heavy (non-hydrogen) atoms. The van der Waals surface area contributed by atoms with Gasteiger partial charge in [0.15, 0.2) is 11.7 Å². The Labute approximate surface area is 171 Å². The largest absolute Gasteiger partial charge is 0.482 e. The van der Waals surface area contributed by atoms with Gasteiger partial charge in [-0.05, 0) is 24.3 Å². The SMILES string of the molecule is O=C(COc1ccc(Cl)cc1Cl)Nc1nc(-c2cc(Cl)sc2Cl)cs1. The zero-order chi connectivity index (χ0) is 18.0. The minimum Gasteiger partial charge on any atom is -0.482 e. The topological polar surface area (TPSA) is 51.2 Å². The van der Waals surface area contributed by atoms with Crippen molar-refractivity contribution in [3.05, 3.63) is 48.4 Å². The maximum atomic E-state index is 12.0. The van der Waals surface area contributed by atoms with Crippen molar-refractivity contribution in [3.63, 3.8) is 0 Å². The molecule has 4 nitrogen and oxygen atoms in total. The number of benzene rings is 1. The lowest BCUT2D eigenvalue weighted by atomic mass is 10.3. The van der Waals surface area contributed by atoms with Crippen LogP contribution in [-0.2, 0) is 4.79 Å². The molecule has 2 heterocycles. The third-order valence-corrected chi connectivity index (χ3v) is 5.71. The molecule has 0 aliphatic heterocycles. The fourth-order valence-electron chi connectivity index (χ4n) is 1.86. The first kappa shape index (κ1) is 18.8. The van der Waals surface area contributed by atoms with E-state index >= 15 is 0 Å². The van der Waals surface area contributed by atoms with Crippen molar-refractivity contribution in [1.82, 2.24) is 4.98 Å². The van der Waals surface area contributed by atoms with Crippen LogP contribution >= 0.6 is 69.1 Å². The van der Waals surface area contributed by atoms with Crippen LogP contribution < -0.4 is 10.1 Å². The zero-order valence-electron chi connectivity index (χ0n) is 12.2. The molecule has 0 fully saturated rings. The van der Waals surface area contributed by atoms with Crippen molar-refractivity contribution in [2.24, 2.45) is 0 Å². The highest BCUT2D eigenvalue weighted by Gasteiger charge is 2.14. The molecule has 0 atom stereocenters. The van der Waals surface area contributed by atoms with Gasteiger partial charge < -0.3 is 4.74 Å². The predicted octanol–water partition coefficient (Wildman–Crippen LogP) is 6.50. The van der Waals surface area contributed by atoms with Crippen molar-refractivity contribution < 1.29 is 9.53 Å². The van der Waals surface area contributed by atoms with Gasteiger partial charge in [-0.15, -0.1) is 22.7 Å². The number of amides is 1. The summed E-state index contributed by atoms with van der Waals surface area (Å²) >= 11 is 26.4. The number of carbonyl (C=O) groups is 1. The Morgan fingerprint density at radius 2 is 2.00 bits per heavy atom. The lowest BCUT2D eigenvalue weighted by Gasteiger charge is -2.07. The standard InChI is InChI=1S/C15H8Cl4N2O2S2/c16-7-1-2-11(9(17)3-7)23-5-13(22)21-15-20-10(6-24-15)8-4-12(18)25-14(8)19/h1-4,6H,5H2,(H,20,21,22). The molecule has 0 saturated heterocycles. The summed E-state index contributed by atoms with van der Waals surface area (Å²) in [7, 11) is 0. The molecule has 0 aliphatic carbocycles. The molecular weight excluding hydrogens is 446 g/mol. The highest BCUT2D eigenvalue weighted by molar-refractivity contribution is 7.20. The zero-order valence-corrected chi connectivity index (χ0v) is 16.8. The number of thiophene rings is 1. The summed E-state index contributed by atoms with van der Waals surface area (Å²) < 4.78 is 6.50. The minimum absolute atomic E-state index is 0.207. The fraction of sp³-hybridized carbons (Fsp3) is 0.0667. The highest BCUT2D eigenvalue weighted by atomic mass is 35.5. The normalized spacial score (nSPS) is 10.7. The molecular formula is C15H8Cl4N2O2S2.